The van der Waals surface area contributed by atoms with Gasteiger partial charge >= 0.3 is 7.80 Å². The number of hydrogen-bond acceptors (Lipinski definition) is 2. The van der Waals surface area contributed by atoms with Gasteiger partial charge in [0.05, 0.1) is 6.61 Å². The maximum atomic E-state index is 10.3. The van der Waals surface area contributed by atoms with E-state index in [1.807, 2.05) is 0 Å². The molecule has 0 aromatic rings. The lowest BCUT2D eigenvalue weighted by Crippen LogP contribution is -1.78. The van der Waals surface area contributed by atoms with Crippen LogP contribution in [0.3, 0.4) is 0 Å². The van der Waals surface area contributed by atoms with Crippen molar-refractivity contribution in [3.05, 3.63) is 0 Å². The molecular formula is C3H6O2P+. The van der Waals surface area contributed by atoms with Crippen LogP contribution in [0.2, 0.25) is 0 Å². The molecule has 34 valence electrons. The molecule has 1 heterocycles. The van der Waals surface area contributed by atoms with Gasteiger partial charge in [-0.25, -0.2) is 0 Å². The summed E-state index contributed by atoms with van der Waals surface area (Å²) in [7, 11) is -0.937. The molecule has 0 spiro atoms. The van der Waals surface area contributed by atoms with Crippen molar-refractivity contribution >= 4 is 7.80 Å². The average Bonchev–Trinajstić information content (AvgIpc) is 1.86. The normalized spacial score (nSPS) is 28.3. The highest BCUT2D eigenvalue weighted by atomic mass is 31.1. The number of rotatable bonds is 0. The Balaban J connectivity index is 2.37. The summed E-state index contributed by atoms with van der Waals surface area (Å²) in [6, 6.07) is 0. The van der Waals surface area contributed by atoms with E-state index in [-0.39, 0.29) is 0 Å². The minimum absolute atomic E-state index is 0.495. The quantitative estimate of drug-likeness (QED) is 0.426. The summed E-state index contributed by atoms with van der Waals surface area (Å²) in [4.78, 5) is 0. The van der Waals surface area contributed by atoms with Crippen molar-refractivity contribution in [3.63, 3.8) is 0 Å². The van der Waals surface area contributed by atoms with E-state index in [9.17, 15) is 4.57 Å². The lowest BCUT2D eigenvalue weighted by Gasteiger charge is -1.68. The van der Waals surface area contributed by atoms with E-state index in [2.05, 4.69) is 0 Å². The molecule has 1 aliphatic rings. The molecule has 1 unspecified atom stereocenters. The molecule has 0 aromatic heterocycles. The van der Waals surface area contributed by atoms with Crippen molar-refractivity contribution in [3.8, 4) is 0 Å². The fourth-order valence-electron chi connectivity index (χ4n) is 0.397. The SMILES string of the molecule is O=[P+]1CCOC1. The second-order valence-corrected chi connectivity index (χ2v) is 2.91. The first-order chi connectivity index (χ1) is 2.89. The monoisotopic (exact) mass is 105 g/mol. The van der Waals surface area contributed by atoms with Crippen LogP contribution in [-0.2, 0) is 9.30 Å². The summed E-state index contributed by atoms with van der Waals surface area (Å²) in [5.41, 5.74) is 0. The predicted molar refractivity (Wildman–Crippen MR) is 23.3 cm³/mol. The molecule has 1 saturated heterocycles. The van der Waals surface area contributed by atoms with E-state index >= 15 is 0 Å². The second-order valence-electron chi connectivity index (χ2n) is 1.24. The van der Waals surface area contributed by atoms with Gasteiger partial charge in [-0.1, -0.05) is 4.57 Å². The van der Waals surface area contributed by atoms with E-state index < -0.39 is 7.80 Å². The Morgan fingerprint density at radius 2 is 2.50 bits per heavy atom. The Morgan fingerprint density at radius 3 is 2.67 bits per heavy atom. The van der Waals surface area contributed by atoms with Gasteiger partial charge < -0.3 is 4.74 Å². The van der Waals surface area contributed by atoms with E-state index in [0.29, 0.717) is 13.0 Å². The fourth-order valence-corrected chi connectivity index (χ4v) is 1.19. The summed E-state index contributed by atoms with van der Waals surface area (Å²) in [5.74, 6) is 0. The summed E-state index contributed by atoms with van der Waals surface area (Å²) >= 11 is 0. The fraction of sp³-hybridized carbons (Fsp3) is 1.00. The van der Waals surface area contributed by atoms with Crippen LogP contribution in [0.15, 0.2) is 0 Å². The standard InChI is InChI=1S/C3H6O2P/c4-6-2-1-5-3-6/h1-3H2/q+1. The molecule has 6 heavy (non-hydrogen) atoms. The van der Waals surface area contributed by atoms with Crippen LogP contribution in [0.4, 0.5) is 0 Å². The predicted octanol–water partition coefficient (Wildman–Crippen LogP) is 0.801. The Hall–Kier alpha value is 0.0600. The van der Waals surface area contributed by atoms with Crippen LogP contribution in [0.25, 0.3) is 0 Å². The van der Waals surface area contributed by atoms with Gasteiger partial charge in [-0.2, -0.15) is 0 Å². The second kappa shape index (κ2) is 1.67. The third-order valence-electron chi connectivity index (χ3n) is 0.720. The molecule has 1 aliphatic heterocycles. The molecule has 1 atom stereocenters. The zero-order chi connectivity index (χ0) is 4.41. The highest BCUT2D eigenvalue weighted by Crippen LogP contribution is 2.24. The Bertz CT molecular complexity index is 63.2. The molecule has 1 fully saturated rings. The molecule has 1 rings (SSSR count). The van der Waals surface area contributed by atoms with E-state index in [1.54, 1.807) is 0 Å². The third kappa shape index (κ3) is 0.763. The Morgan fingerprint density at radius 1 is 1.67 bits per heavy atom. The molecule has 2 nitrogen and oxygen atoms in total. The summed E-state index contributed by atoms with van der Waals surface area (Å²) < 4.78 is 15.0. The molecule has 0 aliphatic carbocycles. The Kier molecular flexibility index (Phi) is 1.18. The summed E-state index contributed by atoms with van der Waals surface area (Å²) in [6.07, 6.45) is 1.27. The van der Waals surface area contributed by atoms with Crippen LogP contribution in [0.5, 0.6) is 0 Å². The minimum Gasteiger partial charge on any atom is -0.333 e. The average molecular weight is 105 g/mol. The minimum atomic E-state index is -0.937. The molecule has 0 N–H and O–H groups in total. The van der Waals surface area contributed by atoms with Crippen molar-refractivity contribution < 1.29 is 9.30 Å². The van der Waals surface area contributed by atoms with Crippen molar-refractivity contribution in [1.82, 2.24) is 0 Å². The van der Waals surface area contributed by atoms with Crippen molar-refractivity contribution in [1.29, 1.82) is 0 Å². The Labute approximate surface area is 37.3 Å². The molecule has 0 radical (unpaired) electrons. The maximum Gasteiger partial charge on any atom is 0.369 e. The molecular weight excluding hydrogens is 99.0 g/mol. The van der Waals surface area contributed by atoms with E-state index in [0.717, 1.165) is 6.16 Å². The summed E-state index contributed by atoms with van der Waals surface area (Å²) in [5, 5.41) is 0. The van der Waals surface area contributed by atoms with Gasteiger partial charge in [-0.05, 0) is 0 Å². The smallest absolute Gasteiger partial charge is 0.333 e. The van der Waals surface area contributed by atoms with Crippen molar-refractivity contribution in [2.45, 2.75) is 0 Å². The van der Waals surface area contributed by atoms with Gasteiger partial charge in [-0.15, -0.1) is 0 Å². The molecule has 0 amide bonds. The first-order valence-electron chi connectivity index (χ1n) is 1.89. The van der Waals surface area contributed by atoms with Gasteiger partial charge in [0, 0.05) is 0 Å². The molecule has 0 aromatic carbocycles. The zero-order valence-corrected chi connectivity index (χ0v) is 4.28. The lowest BCUT2D eigenvalue weighted by atomic mass is 10.9. The van der Waals surface area contributed by atoms with Crippen LogP contribution >= 0.6 is 7.80 Å². The van der Waals surface area contributed by atoms with Gasteiger partial charge in [0.15, 0.2) is 6.16 Å². The van der Waals surface area contributed by atoms with Gasteiger partial charge in [0.1, 0.15) is 0 Å². The molecule has 0 saturated carbocycles. The highest BCUT2D eigenvalue weighted by Gasteiger charge is 2.21. The van der Waals surface area contributed by atoms with Crippen LogP contribution in [-0.4, -0.2) is 19.1 Å². The topological polar surface area (TPSA) is 26.3 Å². The van der Waals surface area contributed by atoms with E-state index in [4.69, 9.17) is 4.74 Å². The number of hydrogen-bond donors (Lipinski definition) is 0. The van der Waals surface area contributed by atoms with Crippen LogP contribution in [0, 0.1) is 0 Å². The maximum absolute atomic E-state index is 10.3. The van der Waals surface area contributed by atoms with Gasteiger partial charge in [0.25, 0.3) is 0 Å². The number of ether oxygens (including phenoxy) is 1. The highest BCUT2D eigenvalue weighted by molar-refractivity contribution is 7.44. The first-order valence-corrected chi connectivity index (χ1v) is 3.52. The first kappa shape index (κ1) is 4.23. The van der Waals surface area contributed by atoms with Crippen molar-refractivity contribution in [2.24, 2.45) is 0 Å². The third-order valence-corrected chi connectivity index (χ3v) is 1.87. The molecule has 3 heteroatoms. The van der Waals surface area contributed by atoms with Crippen LogP contribution in [0.1, 0.15) is 0 Å². The summed E-state index contributed by atoms with van der Waals surface area (Å²) in [6.45, 7) is 0.704. The van der Waals surface area contributed by atoms with Crippen molar-refractivity contribution in [2.75, 3.05) is 19.1 Å². The largest absolute Gasteiger partial charge is 0.369 e. The van der Waals surface area contributed by atoms with E-state index in [1.165, 1.54) is 0 Å². The van der Waals surface area contributed by atoms with Gasteiger partial charge in [-0.3, -0.25) is 0 Å². The van der Waals surface area contributed by atoms with Crippen LogP contribution < -0.4 is 0 Å². The van der Waals surface area contributed by atoms with Gasteiger partial charge in [0.2, 0.25) is 6.35 Å². The molecule has 0 bridgehead atoms. The zero-order valence-electron chi connectivity index (χ0n) is 3.39. The lowest BCUT2D eigenvalue weighted by molar-refractivity contribution is 0.216.